The first kappa shape index (κ1) is 17.5. The molecule has 1 unspecified atom stereocenters. The van der Waals surface area contributed by atoms with Crippen molar-refractivity contribution >= 4 is 11.6 Å². The highest BCUT2D eigenvalue weighted by molar-refractivity contribution is 5.78. The summed E-state index contributed by atoms with van der Waals surface area (Å²) in [6.07, 6.45) is 0.366. The SMILES string of the molecule is Nc1ccc(CC(=O)NCC(c2ccccc2)N2CCOCC2)cc1. The summed E-state index contributed by atoms with van der Waals surface area (Å²) in [5, 5.41) is 3.09. The third-order valence-electron chi connectivity index (χ3n) is 4.51. The second kappa shape index (κ2) is 8.65. The molecule has 1 atom stereocenters. The lowest BCUT2D eigenvalue weighted by Crippen LogP contribution is -2.44. The maximum Gasteiger partial charge on any atom is 0.224 e. The van der Waals surface area contributed by atoms with Crippen LogP contribution in [0.2, 0.25) is 0 Å². The molecule has 1 heterocycles. The van der Waals surface area contributed by atoms with Crippen LogP contribution in [0.5, 0.6) is 0 Å². The predicted octanol–water partition coefficient (Wildman–Crippen LogP) is 2.00. The number of rotatable bonds is 6. The molecular weight excluding hydrogens is 314 g/mol. The highest BCUT2D eigenvalue weighted by Crippen LogP contribution is 2.21. The Morgan fingerprint density at radius 3 is 2.44 bits per heavy atom. The van der Waals surface area contributed by atoms with Crippen LogP contribution in [0.4, 0.5) is 5.69 Å². The number of carbonyl (C=O) groups is 1. The first-order valence-corrected chi connectivity index (χ1v) is 8.70. The molecular formula is C20H25N3O2. The van der Waals surface area contributed by atoms with Crippen molar-refractivity contribution in [3.63, 3.8) is 0 Å². The average molecular weight is 339 g/mol. The Kier molecular flexibility index (Phi) is 6.04. The Balaban J connectivity index is 1.61. The third-order valence-corrected chi connectivity index (χ3v) is 4.51. The Morgan fingerprint density at radius 1 is 1.08 bits per heavy atom. The minimum absolute atomic E-state index is 0.0268. The van der Waals surface area contributed by atoms with Crippen molar-refractivity contribution in [1.82, 2.24) is 10.2 Å². The largest absolute Gasteiger partial charge is 0.399 e. The summed E-state index contributed by atoms with van der Waals surface area (Å²) in [6, 6.07) is 17.9. The van der Waals surface area contributed by atoms with E-state index >= 15 is 0 Å². The molecule has 1 fully saturated rings. The number of nitrogens with zero attached hydrogens (tertiary/aromatic N) is 1. The van der Waals surface area contributed by atoms with Gasteiger partial charge in [-0.2, -0.15) is 0 Å². The minimum atomic E-state index is 0.0268. The molecule has 0 saturated carbocycles. The zero-order valence-electron chi connectivity index (χ0n) is 14.4. The Hall–Kier alpha value is -2.37. The fraction of sp³-hybridized carbons (Fsp3) is 0.350. The highest BCUT2D eigenvalue weighted by atomic mass is 16.5. The average Bonchev–Trinajstić information content (AvgIpc) is 2.66. The fourth-order valence-electron chi connectivity index (χ4n) is 3.12. The Labute approximate surface area is 148 Å². The molecule has 3 rings (SSSR count). The molecule has 1 aliphatic heterocycles. The quantitative estimate of drug-likeness (QED) is 0.790. The zero-order chi connectivity index (χ0) is 17.5. The molecule has 0 aromatic heterocycles. The lowest BCUT2D eigenvalue weighted by molar-refractivity contribution is -0.120. The van der Waals surface area contributed by atoms with Gasteiger partial charge in [0.05, 0.1) is 25.7 Å². The van der Waals surface area contributed by atoms with Gasteiger partial charge < -0.3 is 15.8 Å². The van der Waals surface area contributed by atoms with E-state index in [1.54, 1.807) is 0 Å². The van der Waals surface area contributed by atoms with Crippen molar-refractivity contribution in [3.8, 4) is 0 Å². The molecule has 25 heavy (non-hydrogen) atoms. The van der Waals surface area contributed by atoms with Crippen LogP contribution in [0.25, 0.3) is 0 Å². The Morgan fingerprint density at radius 2 is 1.76 bits per heavy atom. The lowest BCUT2D eigenvalue weighted by atomic mass is 10.0. The number of morpholine rings is 1. The number of benzene rings is 2. The molecule has 0 aliphatic carbocycles. The van der Waals surface area contributed by atoms with E-state index < -0.39 is 0 Å². The number of nitrogens with one attached hydrogen (secondary N) is 1. The summed E-state index contributed by atoms with van der Waals surface area (Å²) in [5.41, 5.74) is 8.58. The third kappa shape index (κ3) is 5.05. The smallest absolute Gasteiger partial charge is 0.224 e. The van der Waals surface area contributed by atoms with Gasteiger partial charge in [0, 0.05) is 25.3 Å². The highest BCUT2D eigenvalue weighted by Gasteiger charge is 2.23. The van der Waals surface area contributed by atoms with E-state index in [4.69, 9.17) is 10.5 Å². The first-order chi connectivity index (χ1) is 12.2. The summed E-state index contributed by atoms with van der Waals surface area (Å²) >= 11 is 0. The lowest BCUT2D eigenvalue weighted by Gasteiger charge is -2.35. The number of hydrogen-bond donors (Lipinski definition) is 2. The first-order valence-electron chi connectivity index (χ1n) is 8.70. The van der Waals surface area contributed by atoms with Crippen LogP contribution < -0.4 is 11.1 Å². The molecule has 0 spiro atoms. The van der Waals surface area contributed by atoms with Gasteiger partial charge in [-0.25, -0.2) is 0 Å². The van der Waals surface area contributed by atoms with Gasteiger partial charge in [-0.15, -0.1) is 0 Å². The van der Waals surface area contributed by atoms with Crippen molar-refractivity contribution in [3.05, 3.63) is 65.7 Å². The van der Waals surface area contributed by atoms with E-state index in [0.717, 1.165) is 31.9 Å². The van der Waals surface area contributed by atoms with Crippen molar-refractivity contribution in [2.24, 2.45) is 0 Å². The van der Waals surface area contributed by atoms with E-state index in [2.05, 4.69) is 22.3 Å². The molecule has 1 aliphatic rings. The number of amides is 1. The maximum atomic E-state index is 12.3. The van der Waals surface area contributed by atoms with Gasteiger partial charge in [0.15, 0.2) is 0 Å². The summed E-state index contributed by atoms with van der Waals surface area (Å²) in [7, 11) is 0. The van der Waals surface area contributed by atoms with E-state index in [1.807, 2.05) is 42.5 Å². The molecule has 2 aromatic carbocycles. The van der Waals surface area contributed by atoms with E-state index in [-0.39, 0.29) is 11.9 Å². The molecule has 0 bridgehead atoms. The number of ether oxygens (including phenoxy) is 1. The van der Waals surface area contributed by atoms with Gasteiger partial charge in [-0.05, 0) is 23.3 Å². The van der Waals surface area contributed by atoms with E-state index in [1.165, 1.54) is 5.56 Å². The number of nitrogens with two attached hydrogens (primary N) is 1. The van der Waals surface area contributed by atoms with Crippen LogP contribution in [0.15, 0.2) is 54.6 Å². The number of hydrogen-bond acceptors (Lipinski definition) is 4. The second-order valence-corrected chi connectivity index (χ2v) is 6.30. The molecule has 1 amide bonds. The van der Waals surface area contributed by atoms with E-state index in [0.29, 0.717) is 18.7 Å². The van der Waals surface area contributed by atoms with Gasteiger partial charge in [0.1, 0.15) is 0 Å². The van der Waals surface area contributed by atoms with Crippen LogP contribution in [0.3, 0.4) is 0 Å². The van der Waals surface area contributed by atoms with Gasteiger partial charge in [-0.1, -0.05) is 42.5 Å². The summed E-state index contributed by atoms with van der Waals surface area (Å²) in [6.45, 7) is 3.84. The molecule has 3 N–H and O–H groups in total. The summed E-state index contributed by atoms with van der Waals surface area (Å²) < 4.78 is 5.46. The summed E-state index contributed by atoms with van der Waals surface area (Å²) in [4.78, 5) is 14.7. The zero-order valence-corrected chi connectivity index (χ0v) is 14.4. The van der Waals surface area contributed by atoms with Gasteiger partial charge >= 0.3 is 0 Å². The normalized spacial score (nSPS) is 16.3. The molecule has 1 saturated heterocycles. The van der Waals surface area contributed by atoms with Crippen LogP contribution in [-0.4, -0.2) is 43.7 Å². The molecule has 5 nitrogen and oxygen atoms in total. The van der Waals surface area contributed by atoms with Crippen LogP contribution in [-0.2, 0) is 16.0 Å². The monoisotopic (exact) mass is 339 g/mol. The topological polar surface area (TPSA) is 67.6 Å². The van der Waals surface area contributed by atoms with Crippen molar-refractivity contribution < 1.29 is 9.53 Å². The van der Waals surface area contributed by atoms with Gasteiger partial charge in [-0.3, -0.25) is 9.69 Å². The summed E-state index contributed by atoms with van der Waals surface area (Å²) in [5.74, 6) is 0.0268. The molecule has 0 radical (unpaired) electrons. The standard InChI is InChI=1S/C20H25N3O2/c21-18-8-6-16(7-9-18)14-20(24)22-15-19(17-4-2-1-3-5-17)23-10-12-25-13-11-23/h1-9,19H,10-15,21H2,(H,22,24). The second-order valence-electron chi connectivity index (χ2n) is 6.30. The van der Waals surface area contributed by atoms with Gasteiger partial charge in [0.2, 0.25) is 5.91 Å². The molecule has 132 valence electrons. The fourth-order valence-corrected chi connectivity index (χ4v) is 3.12. The molecule has 5 heteroatoms. The number of carbonyl (C=O) groups excluding carboxylic acids is 1. The predicted molar refractivity (Wildman–Crippen MR) is 99.1 cm³/mol. The molecule has 2 aromatic rings. The van der Waals surface area contributed by atoms with Crippen LogP contribution in [0.1, 0.15) is 17.2 Å². The van der Waals surface area contributed by atoms with Crippen molar-refractivity contribution in [1.29, 1.82) is 0 Å². The van der Waals surface area contributed by atoms with E-state index in [9.17, 15) is 4.79 Å². The number of nitrogen functional groups attached to an aromatic ring is 1. The van der Waals surface area contributed by atoms with Gasteiger partial charge in [0.25, 0.3) is 0 Å². The minimum Gasteiger partial charge on any atom is -0.399 e. The Bertz CT molecular complexity index is 667. The van der Waals surface area contributed by atoms with Crippen molar-refractivity contribution in [2.45, 2.75) is 12.5 Å². The van der Waals surface area contributed by atoms with Crippen LogP contribution >= 0.6 is 0 Å². The van der Waals surface area contributed by atoms with Crippen molar-refractivity contribution in [2.75, 3.05) is 38.6 Å². The van der Waals surface area contributed by atoms with Crippen LogP contribution in [0, 0.1) is 0 Å². The number of anilines is 1. The maximum absolute atomic E-state index is 12.3.